The topological polar surface area (TPSA) is 66.3 Å². The monoisotopic (exact) mass is 235 g/mol. The summed E-state index contributed by atoms with van der Waals surface area (Å²) in [7, 11) is 1.58. The molecule has 0 aliphatic rings. The Morgan fingerprint density at radius 1 is 1.57 bits per heavy atom. The fourth-order valence-corrected chi connectivity index (χ4v) is 1.28. The van der Waals surface area contributed by atoms with Crippen molar-refractivity contribution in [1.29, 1.82) is 0 Å². The van der Waals surface area contributed by atoms with Gasteiger partial charge in [0.25, 0.3) is 0 Å². The maximum Gasteiger partial charge on any atom is 0.323 e. The van der Waals surface area contributed by atoms with Gasteiger partial charge in [0.15, 0.2) is 10.3 Å². The number of carbonyl (C=O) groups is 1. The largest absolute Gasteiger partial charge is 0.480 e. The number of aliphatic carboxylic acids is 1. The van der Waals surface area contributed by atoms with Crippen LogP contribution in [0.25, 0.3) is 0 Å². The lowest BCUT2D eigenvalue weighted by Gasteiger charge is -2.16. The molecule has 76 valence electrons. The van der Waals surface area contributed by atoms with Crippen LogP contribution in [0.2, 0.25) is 10.3 Å². The molecule has 0 atom stereocenters. The van der Waals surface area contributed by atoms with E-state index in [1.807, 2.05) is 0 Å². The fourth-order valence-electron chi connectivity index (χ4n) is 0.900. The number of carboxylic acids is 1. The van der Waals surface area contributed by atoms with Gasteiger partial charge in [-0.25, -0.2) is 0 Å². The van der Waals surface area contributed by atoms with Gasteiger partial charge in [-0.1, -0.05) is 23.2 Å². The third-order valence-corrected chi connectivity index (χ3v) is 1.94. The molecule has 1 heterocycles. The van der Waals surface area contributed by atoms with Crippen LogP contribution in [0.3, 0.4) is 0 Å². The van der Waals surface area contributed by atoms with E-state index in [4.69, 9.17) is 28.3 Å². The number of aromatic nitrogens is 2. The van der Waals surface area contributed by atoms with Gasteiger partial charge in [-0.05, 0) is 0 Å². The minimum atomic E-state index is -0.962. The van der Waals surface area contributed by atoms with Crippen molar-refractivity contribution in [2.45, 2.75) is 0 Å². The summed E-state index contributed by atoms with van der Waals surface area (Å²) in [6.07, 6.45) is 0. The van der Waals surface area contributed by atoms with Gasteiger partial charge in [-0.2, -0.15) is 0 Å². The lowest BCUT2D eigenvalue weighted by molar-refractivity contribution is -0.135. The SMILES string of the molecule is CN(CC(=O)O)c1cc(Cl)nnc1Cl. The minimum Gasteiger partial charge on any atom is -0.480 e. The first kappa shape index (κ1) is 11.0. The number of halogens is 2. The number of nitrogens with zero attached hydrogens (tertiary/aromatic N) is 3. The average Bonchev–Trinajstić information content (AvgIpc) is 2.08. The molecule has 14 heavy (non-hydrogen) atoms. The van der Waals surface area contributed by atoms with Crippen LogP contribution in [0.4, 0.5) is 5.69 Å². The Labute approximate surface area is 90.3 Å². The van der Waals surface area contributed by atoms with Crippen LogP contribution in [0.1, 0.15) is 0 Å². The van der Waals surface area contributed by atoms with Crippen LogP contribution >= 0.6 is 23.2 Å². The zero-order valence-electron chi connectivity index (χ0n) is 7.24. The predicted molar refractivity (Wildman–Crippen MR) is 53.0 cm³/mol. The van der Waals surface area contributed by atoms with E-state index in [-0.39, 0.29) is 16.9 Å². The summed E-state index contributed by atoms with van der Waals surface area (Å²) in [5.41, 5.74) is 0.439. The van der Waals surface area contributed by atoms with E-state index in [9.17, 15) is 4.79 Å². The van der Waals surface area contributed by atoms with Gasteiger partial charge < -0.3 is 10.0 Å². The Morgan fingerprint density at radius 2 is 2.21 bits per heavy atom. The first-order valence-corrected chi connectivity index (χ1v) is 4.38. The van der Waals surface area contributed by atoms with Crippen LogP contribution in [0.15, 0.2) is 6.07 Å². The summed E-state index contributed by atoms with van der Waals surface area (Å²) in [5.74, 6) is -0.962. The standard InChI is InChI=1S/C7H7Cl2N3O2/c1-12(3-6(13)14)4-2-5(8)10-11-7(4)9/h2H,3H2,1H3,(H,13,14). The molecule has 0 bridgehead atoms. The molecule has 0 unspecified atom stereocenters. The van der Waals surface area contributed by atoms with Crippen LogP contribution in [0, 0.1) is 0 Å². The Kier molecular flexibility index (Phi) is 3.49. The number of anilines is 1. The number of likely N-dealkylation sites (N-methyl/N-ethyl adjacent to an activating group) is 1. The normalized spacial score (nSPS) is 9.93. The highest BCUT2D eigenvalue weighted by atomic mass is 35.5. The fraction of sp³-hybridized carbons (Fsp3) is 0.286. The highest BCUT2D eigenvalue weighted by Crippen LogP contribution is 2.23. The van der Waals surface area contributed by atoms with Crippen molar-refractivity contribution in [3.8, 4) is 0 Å². The van der Waals surface area contributed by atoms with E-state index >= 15 is 0 Å². The molecule has 0 radical (unpaired) electrons. The van der Waals surface area contributed by atoms with Crippen LogP contribution in [-0.2, 0) is 4.79 Å². The molecule has 0 aliphatic carbocycles. The number of hydrogen-bond acceptors (Lipinski definition) is 4. The molecule has 0 aromatic carbocycles. The molecular formula is C7H7Cl2N3O2. The zero-order chi connectivity index (χ0) is 10.7. The lowest BCUT2D eigenvalue weighted by Crippen LogP contribution is -2.25. The van der Waals surface area contributed by atoms with Crippen LogP contribution in [0.5, 0.6) is 0 Å². The first-order chi connectivity index (χ1) is 6.50. The quantitative estimate of drug-likeness (QED) is 0.856. The second-order valence-electron chi connectivity index (χ2n) is 2.59. The highest BCUT2D eigenvalue weighted by molar-refractivity contribution is 6.33. The van der Waals surface area contributed by atoms with E-state index in [0.717, 1.165) is 0 Å². The van der Waals surface area contributed by atoms with Crippen molar-refractivity contribution >= 4 is 34.9 Å². The molecule has 0 aliphatic heterocycles. The number of hydrogen-bond donors (Lipinski definition) is 1. The first-order valence-electron chi connectivity index (χ1n) is 3.62. The van der Waals surface area contributed by atoms with Gasteiger partial charge in [-0.15, -0.1) is 10.2 Å². The van der Waals surface area contributed by atoms with Crippen molar-refractivity contribution in [2.75, 3.05) is 18.5 Å². The van der Waals surface area contributed by atoms with Gasteiger partial charge in [0.05, 0.1) is 5.69 Å². The summed E-state index contributed by atoms with van der Waals surface area (Å²) < 4.78 is 0. The average molecular weight is 236 g/mol. The van der Waals surface area contributed by atoms with Crippen LogP contribution < -0.4 is 4.90 Å². The van der Waals surface area contributed by atoms with E-state index < -0.39 is 5.97 Å². The highest BCUT2D eigenvalue weighted by Gasteiger charge is 2.11. The maximum atomic E-state index is 10.4. The van der Waals surface area contributed by atoms with Crippen molar-refractivity contribution in [3.05, 3.63) is 16.4 Å². The second kappa shape index (κ2) is 4.43. The van der Waals surface area contributed by atoms with Gasteiger partial charge in [-0.3, -0.25) is 4.79 Å². The molecule has 7 heteroatoms. The smallest absolute Gasteiger partial charge is 0.323 e. The Hall–Kier alpha value is -1.07. The minimum absolute atomic E-state index is 0.123. The summed E-state index contributed by atoms with van der Waals surface area (Å²) in [6, 6.07) is 1.46. The summed E-state index contributed by atoms with van der Waals surface area (Å²) in [5, 5.41) is 15.9. The number of rotatable bonds is 3. The predicted octanol–water partition coefficient (Wildman–Crippen LogP) is 1.30. The molecule has 1 aromatic heterocycles. The third-order valence-electron chi connectivity index (χ3n) is 1.48. The van der Waals surface area contributed by atoms with Crippen molar-refractivity contribution in [3.63, 3.8) is 0 Å². The molecule has 1 N–H and O–H groups in total. The molecular weight excluding hydrogens is 229 g/mol. The Morgan fingerprint density at radius 3 is 2.79 bits per heavy atom. The Bertz CT molecular complexity index is 359. The van der Waals surface area contributed by atoms with Gasteiger partial charge in [0.2, 0.25) is 0 Å². The van der Waals surface area contributed by atoms with Gasteiger partial charge in [0.1, 0.15) is 6.54 Å². The summed E-state index contributed by atoms with van der Waals surface area (Å²) in [4.78, 5) is 11.8. The van der Waals surface area contributed by atoms with Gasteiger partial charge in [0, 0.05) is 13.1 Å². The van der Waals surface area contributed by atoms with E-state index in [0.29, 0.717) is 5.69 Å². The van der Waals surface area contributed by atoms with Crippen molar-refractivity contribution in [1.82, 2.24) is 10.2 Å². The molecule has 1 rings (SSSR count). The third kappa shape index (κ3) is 2.71. The van der Waals surface area contributed by atoms with Gasteiger partial charge >= 0.3 is 5.97 Å². The van der Waals surface area contributed by atoms with Crippen molar-refractivity contribution in [2.24, 2.45) is 0 Å². The Balaban J connectivity index is 2.93. The molecule has 5 nitrogen and oxygen atoms in total. The van der Waals surface area contributed by atoms with Crippen molar-refractivity contribution < 1.29 is 9.90 Å². The van der Waals surface area contributed by atoms with E-state index in [2.05, 4.69) is 10.2 Å². The van der Waals surface area contributed by atoms with E-state index in [1.54, 1.807) is 7.05 Å². The molecule has 1 aromatic rings. The molecule has 0 spiro atoms. The molecule has 0 amide bonds. The van der Waals surface area contributed by atoms with Crippen LogP contribution in [-0.4, -0.2) is 34.9 Å². The second-order valence-corrected chi connectivity index (χ2v) is 3.34. The number of carboxylic acid groups (broad SMARTS) is 1. The zero-order valence-corrected chi connectivity index (χ0v) is 8.75. The maximum absolute atomic E-state index is 10.4. The lowest BCUT2D eigenvalue weighted by atomic mass is 10.4. The summed E-state index contributed by atoms with van der Waals surface area (Å²) >= 11 is 11.3. The molecule has 0 saturated heterocycles. The summed E-state index contributed by atoms with van der Waals surface area (Å²) in [6.45, 7) is -0.179. The van der Waals surface area contributed by atoms with E-state index in [1.165, 1.54) is 11.0 Å². The molecule has 0 fully saturated rings. The molecule has 0 saturated carbocycles.